The molecule has 0 fully saturated rings. The Morgan fingerprint density at radius 3 is 2.23 bits per heavy atom. The summed E-state index contributed by atoms with van der Waals surface area (Å²) >= 11 is 0. The predicted octanol–water partition coefficient (Wildman–Crippen LogP) is 3.35. The maximum Gasteiger partial charge on any atom is 0.415 e. The number of ketones is 1. The number of hydrogen-bond acceptors (Lipinski definition) is 4. The van der Waals surface area contributed by atoms with Crippen molar-refractivity contribution in [2.75, 3.05) is 27.2 Å². The number of rotatable bonds is 6. The van der Waals surface area contributed by atoms with Crippen LogP contribution in [0.5, 0.6) is 5.75 Å². The number of benzene rings is 1. The zero-order valence-electron chi connectivity index (χ0n) is 14.3. The molecule has 5 heteroatoms. The highest BCUT2D eigenvalue weighted by atomic mass is 16.6. The van der Waals surface area contributed by atoms with Crippen molar-refractivity contribution in [3.63, 3.8) is 0 Å². The topological polar surface area (TPSA) is 49.9 Å². The lowest BCUT2D eigenvalue weighted by atomic mass is 10.0. The fourth-order valence-corrected chi connectivity index (χ4v) is 2.11. The molecule has 0 saturated heterocycles. The summed E-state index contributed by atoms with van der Waals surface area (Å²) in [6.07, 6.45) is -0.429. The standard InChI is InChI=1S/C17H26N2O3/c1-7-19(8-2)17(21)22-16-11-14(12(3)18(5)6)9-10-15(16)13(4)20/h9-12H,7-8H2,1-6H3. The average molecular weight is 306 g/mol. The molecule has 0 aliphatic rings. The molecule has 0 aliphatic heterocycles. The lowest BCUT2D eigenvalue weighted by molar-refractivity contribution is 0.101. The second kappa shape index (κ2) is 7.94. The maximum atomic E-state index is 12.1. The van der Waals surface area contributed by atoms with Crippen LogP contribution < -0.4 is 4.74 Å². The van der Waals surface area contributed by atoms with Crippen molar-refractivity contribution in [3.05, 3.63) is 29.3 Å². The zero-order chi connectivity index (χ0) is 16.9. The first-order chi connectivity index (χ1) is 10.3. The highest BCUT2D eigenvalue weighted by Gasteiger charge is 2.18. The van der Waals surface area contributed by atoms with Gasteiger partial charge in [0.15, 0.2) is 5.78 Å². The summed E-state index contributed by atoms with van der Waals surface area (Å²) in [5.41, 5.74) is 1.42. The van der Waals surface area contributed by atoms with Crippen molar-refractivity contribution in [2.24, 2.45) is 0 Å². The van der Waals surface area contributed by atoms with E-state index in [1.807, 2.05) is 34.0 Å². The van der Waals surface area contributed by atoms with Gasteiger partial charge in [0.1, 0.15) is 5.75 Å². The molecule has 1 atom stereocenters. The minimum absolute atomic E-state index is 0.119. The smallest absolute Gasteiger partial charge is 0.409 e. The molecule has 1 unspecified atom stereocenters. The van der Waals surface area contributed by atoms with Gasteiger partial charge >= 0.3 is 6.09 Å². The number of amides is 1. The highest BCUT2D eigenvalue weighted by molar-refractivity contribution is 5.97. The van der Waals surface area contributed by atoms with Crippen LogP contribution in [0.15, 0.2) is 18.2 Å². The van der Waals surface area contributed by atoms with E-state index in [9.17, 15) is 9.59 Å². The van der Waals surface area contributed by atoms with Gasteiger partial charge in [0.25, 0.3) is 0 Å². The van der Waals surface area contributed by atoms with Gasteiger partial charge in [0.2, 0.25) is 0 Å². The fraction of sp³-hybridized carbons (Fsp3) is 0.529. The third-order valence-electron chi connectivity index (χ3n) is 3.86. The van der Waals surface area contributed by atoms with Gasteiger partial charge in [0.05, 0.1) is 5.56 Å². The number of carbonyl (C=O) groups is 2. The van der Waals surface area contributed by atoms with Crippen LogP contribution in [0.25, 0.3) is 0 Å². The summed E-state index contributed by atoms with van der Waals surface area (Å²) < 4.78 is 5.47. The molecule has 0 bridgehead atoms. The SMILES string of the molecule is CCN(CC)C(=O)Oc1cc(C(C)N(C)C)ccc1C(C)=O. The van der Waals surface area contributed by atoms with Gasteiger partial charge in [-0.15, -0.1) is 0 Å². The molecule has 0 saturated carbocycles. The summed E-state index contributed by atoms with van der Waals surface area (Å²) in [5.74, 6) is 0.210. The molecular formula is C17H26N2O3. The van der Waals surface area contributed by atoms with Crippen molar-refractivity contribution >= 4 is 11.9 Å². The molecule has 0 N–H and O–H groups in total. The molecule has 0 aliphatic carbocycles. The second-order valence-corrected chi connectivity index (χ2v) is 5.49. The molecule has 1 aromatic carbocycles. The Morgan fingerprint density at radius 2 is 1.77 bits per heavy atom. The second-order valence-electron chi connectivity index (χ2n) is 5.49. The third kappa shape index (κ3) is 4.31. The number of Topliss-reactive ketones (excluding diaryl/α,β-unsaturated/α-hetero) is 1. The van der Waals surface area contributed by atoms with Crippen LogP contribution in [-0.2, 0) is 0 Å². The highest BCUT2D eigenvalue weighted by Crippen LogP contribution is 2.27. The Morgan fingerprint density at radius 1 is 1.18 bits per heavy atom. The zero-order valence-corrected chi connectivity index (χ0v) is 14.3. The Hall–Kier alpha value is -1.88. The van der Waals surface area contributed by atoms with Crippen LogP contribution in [0, 0.1) is 0 Å². The summed E-state index contributed by atoms with van der Waals surface area (Å²) in [6, 6.07) is 5.56. The maximum absolute atomic E-state index is 12.1. The fourth-order valence-electron chi connectivity index (χ4n) is 2.11. The summed E-state index contributed by atoms with van der Waals surface area (Å²) in [7, 11) is 3.95. The quantitative estimate of drug-likeness (QED) is 0.756. The summed E-state index contributed by atoms with van der Waals surface area (Å²) in [4.78, 5) is 27.5. The van der Waals surface area contributed by atoms with Gasteiger partial charge in [-0.2, -0.15) is 0 Å². The number of carbonyl (C=O) groups excluding carboxylic acids is 2. The van der Waals surface area contributed by atoms with E-state index in [-0.39, 0.29) is 11.8 Å². The van der Waals surface area contributed by atoms with Gasteiger partial charge in [-0.05, 0) is 59.5 Å². The van der Waals surface area contributed by atoms with E-state index in [4.69, 9.17) is 4.74 Å². The third-order valence-corrected chi connectivity index (χ3v) is 3.86. The largest absolute Gasteiger partial charge is 0.415 e. The lowest BCUT2D eigenvalue weighted by Gasteiger charge is -2.22. The van der Waals surface area contributed by atoms with Crippen LogP contribution in [-0.4, -0.2) is 48.9 Å². The molecule has 0 heterocycles. The first-order valence-electron chi connectivity index (χ1n) is 7.59. The lowest BCUT2D eigenvalue weighted by Crippen LogP contribution is -2.33. The number of nitrogens with zero attached hydrogens (tertiary/aromatic N) is 2. The summed E-state index contributed by atoms with van der Waals surface area (Å²) in [5, 5.41) is 0. The van der Waals surface area contributed by atoms with Crippen molar-refractivity contribution in [1.29, 1.82) is 0 Å². The molecule has 5 nitrogen and oxygen atoms in total. The first kappa shape index (κ1) is 18.2. The van der Waals surface area contributed by atoms with Crippen LogP contribution in [0.4, 0.5) is 4.79 Å². The Labute approximate surface area is 132 Å². The van der Waals surface area contributed by atoms with Gasteiger partial charge in [-0.1, -0.05) is 6.07 Å². The normalized spacial score (nSPS) is 12.1. The van der Waals surface area contributed by atoms with E-state index in [0.29, 0.717) is 24.4 Å². The molecule has 22 heavy (non-hydrogen) atoms. The first-order valence-corrected chi connectivity index (χ1v) is 7.59. The predicted molar refractivity (Wildman–Crippen MR) is 87.5 cm³/mol. The van der Waals surface area contributed by atoms with E-state index in [1.165, 1.54) is 6.92 Å². The number of hydrogen-bond donors (Lipinski definition) is 0. The van der Waals surface area contributed by atoms with Crippen LogP contribution in [0.3, 0.4) is 0 Å². The van der Waals surface area contributed by atoms with E-state index in [2.05, 4.69) is 11.8 Å². The van der Waals surface area contributed by atoms with Crippen LogP contribution >= 0.6 is 0 Å². The molecule has 0 spiro atoms. The van der Waals surface area contributed by atoms with Crippen molar-refractivity contribution in [1.82, 2.24) is 9.80 Å². The Balaban J connectivity index is 3.16. The van der Waals surface area contributed by atoms with Gasteiger partial charge in [-0.25, -0.2) is 4.79 Å². The van der Waals surface area contributed by atoms with Gasteiger partial charge in [0, 0.05) is 19.1 Å². The van der Waals surface area contributed by atoms with Crippen molar-refractivity contribution < 1.29 is 14.3 Å². The molecule has 1 rings (SSSR count). The summed E-state index contributed by atoms with van der Waals surface area (Å²) in [6.45, 7) is 8.44. The number of ether oxygens (including phenoxy) is 1. The van der Waals surface area contributed by atoms with E-state index < -0.39 is 6.09 Å². The molecule has 1 aromatic rings. The van der Waals surface area contributed by atoms with Crippen LogP contribution in [0.1, 0.15) is 49.7 Å². The van der Waals surface area contributed by atoms with Crippen LogP contribution in [0.2, 0.25) is 0 Å². The van der Waals surface area contributed by atoms with Crippen molar-refractivity contribution in [2.45, 2.75) is 33.7 Å². The van der Waals surface area contributed by atoms with Crippen molar-refractivity contribution in [3.8, 4) is 5.75 Å². The van der Waals surface area contributed by atoms with E-state index in [0.717, 1.165) is 5.56 Å². The monoisotopic (exact) mass is 306 g/mol. The molecule has 0 aromatic heterocycles. The molecule has 1 amide bonds. The molecular weight excluding hydrogens is 280 g/mol. The van der Waals surface area contributed by atoms with E-state index in [1.54, 1.807) is 17.0 Å². The molecule has 0 radical (unpaired) electrons. The minimum Gasteiger partial charge on any atom is -0.409 e. The van der Waals surface area contributed by atoms with Gasteiger partial charge < -0.3 is 14.5 Å². The average Bonchev–Trinajstić information content (AvgIpc) is 2.47. The Bertz CT molecular complexity index is 537. The minimum atomic E-state index is -0.429. The van der Waals surface area contributed by atoms with E-state index >= 15 is 0 Å². The van der Waals surface area contributed by atoms with Gasteiger partial charge in [-0.3, -0.25) is 4.79 Å². The Kier molecular flexibility index (Phi) is 6.56. The molecule has 122 valence electrons.